The molecule has 0 radical (unpaired) electrons. The van der Waals surface area contributed by atoms with Gasteiger partial charge in [-0.15, -0.1) is 0 Å². The topological polar surface area (TPSA) is 38.5 Å². The van der Waals surface area contributed by atoms with Crippen molar-refractivity contribution in [2.75, 3.05) is 26.7 Å². The van der Waals surface area contributed by atoms with Crippen molar-refractivity contribution in [3.05, 3.63) is 0 Å². The van der Waals surface area contributed by atoms with E-state index in [1.54, 1.807) is 7.11 Å². The SMILES string of the molecule is COC1CCN(CC(C)(N)C2CC2)C1. The highest BCUT2D eigenvalue weighted by atomic mass is 16.5. The second-order valence-corrected chi connectivity index (χ2v) is 5.16. The van der Waals surface area contributed by atoms with Gasteiger partial charge in [-0.1, -0.05) is 0 Å². The molecule has 2 aliphatic rings. The van der Waals surface area contributed by atoms with Crippen LogP contribution in [0, 0.1) is 5.92 Å². The molecular weight excluding hydrogens is 176 g/mol. The van der Waals surface area contributed by atoms with Gasteiger partial charge in [-0.25, -0.2) is 0 Å². The second-order valence-electron chi connectivity index (χ2n) is 5.16. The fourth-order valence-corrected chi connectivity index (χ4v) is 2.49. The molecule has 1 heterocycles. The summed E-state index contributed by atoms with van der Waals surface area (Å²) in [7, 11) is 1.80. The van der Waals surface area contributed by atoms with Crippen molar-refractivity contribution in [1.29, 1.82) is 0 Å². The molecule has 0 amide bonds. The minimum Gasteiger partial charge on any atom is -0.380 e. The van der Waals surface area contributed by atoms with Crippen molar-refractivity contribution in [3.63, 3.8) is 0 Å². The summed E-state index contributed by atoms with van der Waals surface area (Å²) in [6.45, 7) is 5.45. The van der Waals surface area contributed by atoms with Gasteiger partial charge in [-0.05, 0) is 32.1 Å². The zero-order valence-electron chi connectivity index (χ0n) is 9.33. The van der Waals surface area contributed by atoms with E-state index in [0.29, 0.717) is 6.10 Å². The predicted octanol–water partition coefficient (Wildman–Crippen LogP) is 0.834. The van der Waals surface area contributed by atoms with E-state index in [9.17, 15) is 0 Å². The number of ether oxygens (including phenoxy) is 1. The Morgan fingerprint density at radius 2 is 2.14 bits per heavy atom. The highest BCUT2D eigenvalue weighted by Crippen LogP contribution is 2.38. The first-order chi connectivity index (χ1) is 6.62. The first kappa shape index (κ1) is 10.4. The third-order valence-corrected chi connectivity index (χ3v) is 3.64. The van der Waals surface area contributed by atoms with Crippen LogP contribution in [-0.4, -0.2) is 43.3 Å². The maximum absolute atomic E-state index is 6.31. The lowest BCUT2D eigenvalue weighted by Gasteiger charge is -2.30. The average Bonchev–Trinajstić information content (AvgIpc) is 2.89. The van der Waals surface area contributed by atoms with Crippen LogP contribution in [0.25, 0.3) is 0 Å². The molecular formula is C11H22N2O. The van der Waals surface area contributed by atoms with Crippen LogP contribution < -0.4 is 5.73 Å². The number of likely N-dealkylation sites (tertiary alicyclic amines) is 1. The molecule has 1 aliphatic heterocycles. The number of hydrogen-bond donors (Lipinski definition) is 1. The zero-order chi connectivity index (χ0) is 10.2. The van der Waals surface area contributed by atoms with Crippen molar-refractivity contribution in [2.45, 2.75) is 37.8 Å². The van der Waals surface area contributed by atoms with E-state index >= 15 is 0 Å². The standard InChI is InChI=1S/C11H22N2O/c1-11(12,9-3-4-9)8-13-6-5-10(7-13)14-2/h9-10H,3-8,12H2,1-2H3. The maximum atomic E-state index is 6.31. The molecule has 82 valence electrons. The number of nitrogens with two attached hydrogens (primary N) is 1. The van der Waals surface area contributed by atoms with Gasteiger partial charge in [0, 0.05) is 32.3 Å². The molecule has 2 N–H and O–H groups in total. The molecule has 2 rings (SSSR count). The van der Waals surface area contributed by atoms with E-state index in [4.69, 9.17) is 10.5 Å². The van der Waals surface area contributed by atoms with Crippen molar-refractivity contribution in [1.82, 2.24) is 4.90 Å². The Bertz CT molecular complexity index is 201. The van der Waals surface area contributed by atoms with Gasteiger partial charge < -0.3 is 10.5 Å². The van der Waals surface area contributed by atoms with E-state index in [2.05, 4.69) is 11.8 Å². The molecule has 3 nitrogen and oxygen atoms in total. The minimum absolute atomic E-state index is 0.0304. The van der Waals surface area contributed by atoms with E-state index in [1.165, 1.54) is 12.8 Å². The Morgan fingerprint density at radius 1 is 1.43 bits per heavy atom. The van der Waals surface area contributed by atoms with Crippen LogP contribution in [-0.2, 0) is 4.74 Å². The smallest absolute Gasteiger partial charge is 0.0710 e. The lowest BCUT2D eigenvalue weighted by atomic mass is 9.97. The summed E-state index contributed by atoms with van der Waals surface area (Å²) in [5.74, 6) is 0.768. The Hall–Kier alpha value is -0.120. The fourth-order valence-electron chi connectivity index (χ4n) is 2.49. The van der Waals surface area contributed by atoms with Crippen LogP contribution in [0.3, 0.4) is 0 Å². The first-order valence-corrected chi connectivity index (χ1v) is 5.66. The summed E-state index contributed by atoms with van der Waals surface area (Å²) in [5, 5.41) is 0. The molecule has 1 saturated heterocycles. The number of methoxy groups -OCH3 is 1. The third-order valence-electron chi connectivity index (χ3n) is 3.64. The van der Waals surface area contributed by atoms with Gasteiger partial charge in [0.15, 0.2) is 0 Å². The molecule has 0 aromatic carbocycles. The van der Waals surface area contributed by atoms with Crippen LogP contribution in [0.5, 0.6) is 0 Å². The lowest BCUT2D eigenvalue weighted by molar-refractivity contribution is 0.104. The number of nitrogens with zero attached hydrogens (tertiary/aromatic N) is 1. The Labute approximate surface area is 86.6 Å². The molecule has 2 fully saturated rings. The zero-order valence-corrected chi connectivity index (χ0v) is 9.33. The van der Waals surface area contributed by atoms with Crippen LogP contribution in [0.4, 0.5) is 0 Å². The van der Waals surface area contributed by atoms with E-state index in [0.717, 1.165) is 32.0 Å². The van der Waals surface area contributed by atoms with Crippen molar-refractivity contribution >= 4 is 0 Å². The summed E-state index contributed by atoms with van der Waals surface area (Å²) in [4.78, 5) is 2.45. The highest BCUT2D eigenvalue weighted by Gasteiger charge is 2.40. The first-order valence-electron chi connectivity index (χ1n) is 5.66. The highest BCUT2D eigenvalue weighted by molar-refractivity contribution is 4.98. The van der Waals surface area contributed by atoms with Gasteiger partial charge in [0.1, 0.15) is 0 Å². The van der Waals surface area contributed by atoms with Gasteiger partial charge in [0.05, 0.1) is 6.10 Å². The molecule has 2 unspecified atom stereocenters. The van der Waals surface area contributed by atoms with Gasteiger partial charge in [0.25, 0.3) is 0 Å². The minimum atomic E-state index is 0.0304. The monoisotopic (exact) mass is 198 g/mol. The fraction of sp³-hybridized carbons (Fsp3) is 1.00. The van der Waals surface area contributed by atoms with Crippen LogP contribution >= 0.6 is 0 Å². The van der Waals surface area contributed by atoms with E-state index in [1.807, 2.05) is 0 Å². The van der Waals surface area contributed by atoms with Gasteiger partial charge in [-0.2, -0.15) is 0 Å². The predicted molar refractivity (Wildman–Crippen MR) is 57.2 cm³/mol. The summed E-state index contributed by atoms with van der Waals surface area (Å²) >= 11 is 0. The quantitative estimate of drug-likeness (QED) is 0.727. The van der Waals surface area contributed by atoms with Crippen molar-refractivity contribution < 1.29 is 4.74 Å². The molecule has 3 heteroatoms. The molecule has 1 aliphatic carbocycles. The summed E-state index contributed by atoms with van der Waals surface area (Å²) in [5.41, 5.74) is 6.34. The largest absolute Gasteiger partial charge is 0.380 e. The second kappa shape index (κ2) is 3.80. The molecule has 0 bridgehead atoms. The third kappa shape index (κ3) is 2.27. The molecule has 0 aromatic heterocycles. The molecule has 0 spiro atoms. The molecule has 14 heavy (non-hydrogen) atoms. The summed E-state index contributed by atoms with van der Waals surface area (Å²) in [6.07, 6.45) is 4.25. The maximum Gasteiger partial charge on any atom is 0.0710 e. The van der Waals surface area contributed by atoms with Crippen LogP contribution in [0.2, 0.25) is 0 Å². The normalized spacial score (nSPS) is 33.2. The van der Waals surface area contributed by atoms with Gasteiger partial charge in [0.2, 0.25) is 0 Å². The Kier molecular flexibility index (Phi) is 2.82. The molecule has 1 saturated carbocycles. The number of rotatable bonds is 4. The Balaban J connectivity index is 1.80. The number of hydrogen-bond acceptors (Lipinski definition) is 3. The van der Waals surface area contributed by atoms with Crippen molar-refractivity contribution in [2.24, 2.45) is 11.7 Å². The summed E-state index contributed by atoms with van der Waals surface area (Å²) in [6, 6.07) is 0. The average molecular weight is 198 g/mol. The molecule has 2 atom stereocenters. The van der Waals surface area contributed by atoms with E-state index < -0.39 is 0 Å². The summed E-state index contributed by atoms with van der Waals surface area (Å²) < 4.78 is 5.35. The van der Waals surface area contributed by atoms with Crippen molar-refractivity contribution in [3.8, 4) is 0 Å². The van der Waals surface area contributed by atoms with Gasteiger partial charge >= 0.3 is 0 Å². The van der Waals surface area contributed by atoms with Crippen LogP contribution in [0.15, 0.2) is 0 Å². The van der Waals surface area contributed by atoms with Gasteiger partial charge in [-0.3, -0.25) is 4.90 Å². The van der Waals surface area contributed by atoms with E-state index in [-0.39, 0.29) is 5.54 Å². The lowest BCUT2D eigenvalue weighted by Crippen LogP contribution is -2.49. The molecule has 0 aromatic rings. The van der Waals surface area contributed by atoms with Crippen LogP contribution in [0.1, 0.15) is 26.2 Å². The Morgan fingerprint density at radius 3 is 2.64 bits per heavy atom.